The van der Waals surface area contributed by atoms with Gasteiger partial charge in [0.2, 0.25) is 0 Å². The average Bonchev–Trinajstić information content (AvgIpc) is 2.51. The van der Waals surface area contributed by atoms with Crippen molar-refractivity contribution in [3.63, 3.8) is 0 Å². The molecule has 2 rings (SSSR count). The molecule has 1 fully saturated rings. The predicted molar refractivity (Wildman–Crippen MR) is 91.2 cm³/mol. The van der Waals surface area contributed by atoms with Crippen LogP contribution in [0.4, 0.5) is 16.2 Å². The first-order chi connectivity index (χ1) is 11.4. The molecule has 2 atom stereocenters. The second-order valence-electron chi connectivity index (χ2n) is 6.06. The number of ether oxygens (including phenoxy) is 1. The first-order valence-corrected chi connectivity index (χ1v) is 8.11. The number of benzene rings is 1. The number of carbonyl (C=O) groups excluding carboxylic acids is 1. The van der Waals surface area contributed by atoms with Crippen molar-refractivity contribution in [1.82, 2.24) is 10.2 Å². The maximum Gasteiger partial charge on any atom is 0.319 e. The lowest BCUT2D eigenvalue weighted by atomic mass is 10.2. The third kappa shape index (κ3) is 5.78. The van der Waals surface area contributed by atoms with Crippen molar-refractivity contribution in [2.45, 2.75) is 32.5 Å². The number of urea groups is 1. The maximum absolute atomic E-state index is 11.8. The number of nitrogens with one attached hydrogen (secondary N) is 2. The molecule has 1 aromatic carbocycles. The van der Waals surface area contributed by atoms with Crippen molar-refractivity contribution < 1.29 is 14.5 Å². The molecule has 0 bridgehead atoms. The summed E-state index contributed by atoms with van der Waals surface area (Å²) in [5.74, 6) is 0. The minimum atomic E-state index is -0.475. The van der Waals surface area contributed by atoms with Crippen LogP contribution >= 0.6 is 0 Å². The highest BCUT2D eigenvalue weighted by atomic mass is 16.6. The topological polar surface area (TPSA) is 96.7 Å². The summed E-state index contributed by atoms with van der Waals surface area (Å²) in [5.41, 5.74) is 0.517. The number of hydrogen-bond acceptors (Lipinski definition) is 5. The summed E-state index contributed by atoms with van der Waals surface area (Å²) in [4.78, 5) is 24.2. The molecule has 132 valence electrons. The molecule has 0 spiro atoms. The Bertz CT molecular complexity index is 554. The van der Waals surface area contributed by atoms with Gasteiger partial charge >= 0.3 is 6.03 Å². The molecule has 2 amide bonds. The van der Waals surface area contributed by atoms with Crippen LogP contribution in [0.2, 0.25) is 0 Å². The van der Waals surface area contributed by atoms with Crippen molar-refractivity contribution in [2.24, 2.45) is 0 Å². The molecule has 1 heterocycles. The van der Waals surface area contributed by atoms with Gasteiger partial charge in [0.05, 0.1) is 17.1 Å². The van der Waals surface area contributed by atoms with Crippen molar-refractivity contribution in [3.05, 3.63) is 34.4 Å². The van der Waals surface area contributed by atoms with Gasteiger partial charge in [0.1, 0.15) is 0 Å². The Morgan fingerprint density at radius 3 is 2.50 bits per heavy atom. The molecule has 1 aliphatic rings. The summed E-state index contributed by atoms with van der Waals surface area (Å²) in [6.07, 6.45) is 1.34. The zero-order chi connectivity index (χ0) is 17.5. The molecule has 2 unspecified atom stereocenters. The number of nitrogens with zero attached hydrogens (tertiary/aromatic N) is 2. The van der Waals surface area contributed by atoms with E-state index in [4.69, 9.17) is 4.74 Å². The quantitative estimate of drug-likeness (QED) is 0.472. The molecular formula is C16H24N4O4. The third-order valence-electron chi connectivity index (χ3n) is 3.77. The molecule has 24 heavy (non-hydrogen) atoms. The smallest absolute Gasteiger partial charge is 0.319 e. The number of nitro benzene ring substituents is 1. The molecule has 8 nitrogen and oxygen atoms in total. The Hall–Kier alpha value is -2.19. The van der Waals surface area contributed by atoms with E-state index in [1.54, 1.807) is 0 Å². The zero-order valence-electron chi connectivity index (χ0n) is 14.0. The van der Waals surface area contributed by atoms with Gasteiger partial charge in [-0.05, 0) is 32.4 Å². The molecule has 1 aliphatic heterocycles. The van der Waals surface area contributed by atoms with Gasteiger partial charge in [0, 0.05) is 44.0 Å². The van der Waals surface area contributed by atoms with E-state index in [9.17, 15) is 14.9 Å². The number of hydrogen-bond donors (Lipinski definition) is 2. The van der Waals surface area contributed by atoms with Gasteiger partial charge in [-0.15, -0.1) is 0 Å². The van der Waals surface area contributed by atoms with Crippen molar-refractivity contribution >= 4 is 17.4 Å². The monoisotopic (exact) mass is 336 g/mol. The van der Waals surface area contributed by atoms with Gasteiger partial charge in [-0.1, -0.05) is 0 Å². The van der Waals surface area contributed by atoms with E-state index >= 15 is 0 Å². The van der Waals surface area contributed by atoms with Crippen LogP contribution in [0.15, 0.2) is 24.3 Å². The minimum absolute atomic E-state index is 0.00470. The van der Waals surface area contributed by atoms with Gasteiger partial charge < -0.3 is 15.4 Å². The Morgan fingerprint density at radius 2 is 1.92 bits per heavy atom. The number of anilines is 1. The predicted octanol–water partition coefficient (Wildman–Crippen LogP) is 2.22. The molecular weight excluding hydrogens is 312 g/mol. The summed E-state index contributed by atoms with van der Waals surface area (Å²) in [7, 11) is 0. The summed E-state index contributed by atoms with van der Waals surface area (Å²) in [6.45, 7) is 7.45. The summed E-state index contributed by atoms with van der Waals surface area (Å²) in [6, 6.07) is 5.42. The molecule has 1 aromatic rings. The van der Waals surface area contributed by atoms with E-state index in [0.29, 0.717) is 12.2 Å². The minimum Gasteiger partial charge on any atom is -0.373 e. The molecule has 2 N–H and O–H groups in total. The van der Waals surface area contributed by atoms with Crippen LogP contribution in [-0.4, -0.2) is 54.2 Å². The lowest BCUT2D eigenvalue weighted by Gasteiger charge is -2.35. The lowest BCUT2D eigenvalue weighted by molar-refractivity contribution is -0.384. The molecule has 0 radical (unpaired) electrons. The van der Waals surface area contributed by atoms with Crippen LogP contribution in [0.25, 0.3) is 0 Å². The van der Waals surface area contributed by atoms with Crippen molar-refractivity contribution in [2.75, 3.05) is 31.5 Å². The van der Waals surface area contributed by atoms with Crippen LogP contribution < -0.4 is 10.6 Å². The van der Waals surface area contributed by atoms with Crippen LogP contribution in [0.1, 0.15) is 20.3 Å². The Labute approximate surface area is 141 Å². The number of amides is 2. The lowest BCUT2D eigenvalue weighted by Crippen LogP contribution is -2.46. The highest BCUT2D eigenvalue weighted by molar-refractivity contribution is 5.89. The molecule has 0 aliphatic carbocycles. The van der Waals surface area contributed by atoms with Crippen LogP contribution in [0.3, 0.4) is 0 Å². The Morgan fingerprint density at radius 1 is 1.29 bits per heavy atom. The number of nitro groups is 1. The fourth-order valence-electron chi connectivity index (χ4n) is 2.81. The number of rotatable bonds is 6. The highest BCUT2D eigenvalue weighted by Gasteiger charge is 2.21. The third-order valence-corrected chi connectivity index (χ3v) is 3.77. The van der Waals surface area contributed by atoms with Gasteiger partial charge in [-0.2, -0.15) is 0 Å². The van der Waals surface area contributed by atoms with Crippen LogP contribution in [0, 0.1) is 10.1 Å². The van der Waals surface area contributed by atoms with E-state index < -0.39 is 4.92 Å². The zero-order valence-corrected chi connectivity index (χ0v) is 14.0. The van der Waals surface area contributed by atoms with E-state index in [1.807, 2.05) is 0 Å². The highest BCUT2D eigenvalue weighted by Crippen LogP contribution is 2.15. The molecule has 1 saturated heterocycles. The first kappa shape index (κ1) is 18.2. The number of morpholine rings is 1. The average molecular weight is 336 g/mol. The largest absolute Gasteiger partial charge is 0.373 e. The van der Waals surface area contributed by atoms with E-state index in [1.165, 1.54) is 24.3 Å². The van der Waals surface area contributed by atoms with Crippen LogP contribution in [0.5, 0.6) is 0 Å². The summed E-state index contributed by atoms with van der Waals surface area (Å²) < 4.78 is 5.69. The van der Waals surface area contributed by atoms with E-state index in [0.717, 1.165) is 26.1 Å². The standard InChI is InChI=1S/C16H24N4O4/c1-12-10-19(11-13(2)24-12)9-3-8-17-16(21)18-14-4-6-15(7-5-14)20(22)23/h4-7,12-13H,3,8-11H2,1-2H3,(H2,17,18,21). The summed E-state index contributed by atoms with van der Waals surface area (Å²) >= 11 is 0. The van der Waals surface area contributed by atoms with Crippen molar-refractivity contribution in [1.29, 1.82) is 0 Å². The van der Waals surface area contributed by atoms with Gasteiger partial charge in [-0.3, -0.25) is 15.0 Å². The van der Waals surface area contributed by atoms with Gasteiger partial charge in [-0.25, -0.2) is 4.79 Å². The summed E-state index contributed by atoms with van der Waals surface area (Å²) in [5, 5.41) is 16.0. The van der Waals surface area contributed by atoms with Crippen LogP contribution in [-0.2, 0) is 4.74 Å². The second-order valence-corrected chi connectivity index (χ2v) is 6.06. The normalized spacial score (nSPS) is 21.2. The molecule has 8 heteroatoms. The van der Waals surface area contributed by atoms with Crippen molar-refractivity contribution in [3.8, 4) is 0 Å². The Balaban J connectivity index is 1.65. The SMILES string of the molecule is CC1CN(CCCNC(=O)Nc2ccc([N+](=O)[O-])cc2)CC(C)O1. The van der Waals surface area contributed by atoms with E-state index in [-0.39, 0.29) is 23.9 Å². The number of non-ortho nitro benzene ring substituents is 1. The fourth-order valence-corrected chi connectivity index (χ4v) is 2.81. The fraction of sp³-hybridized carbons (Fsp3) is 0.562. The number of carbonyl (C=O) groups is 1. The Kier molecular flexibility index (Phi) is 6.51. The maximum atomic E-state index is 11.8. The second kappa shape index (κ2) is 8.60. The molecule has 0 aromatic heterocycles. The van der Waals surface area contributed by atoms with E-state index in [2.05, 4.69) is 29.4 Å². The van der Waals surface area contributed by atoms with Gasteiger partial charge in [0.25, 0.3) is 5.69 Å². The van der Waals surface area contributed by atoms with Gasteiger partial charge in [0.15, 0.2) is 0 Å². The first-order valence-electron chi connectivity index (χ1n) is 8.11. The molecule has 0 saturated carbocycles.